The van der Waals surface area contributed by atoms with Crippen molar-refractivity contribution < 1.29 is 8.42 Å². The molecule has 1 aromatic heterocycles. The third kappa shape index (κ3) is 3.84. The van der Waals surface area contributed by atoms with E-state index in [0.717, 1.165) is 4.88 Å². The lowest BCUT2D eigenvalue weighted by molar-refractivity contribution is 0.553. The van der Waals surface area contributed by atoms with Crippen LogP contribution in [0.5, 0.6) is 0 Å². The SMILES string of the molecule is CCC(NS(=O)(=O)c1ccc(Cl)c(CN)c1)c1cccs1. The highest BCUT2D eigenvalue weighted by molar-refractivity contribution is 7.89. The van der Waals surface area contributed by atoms with E-state index in [4.69, 9.17) is 17.3 Å². The molecule has 7 heteroatoms. The monoisotopic (exact) mass is 344 g/mol. The molecule has 21 heavy (non-hydrogen) atoms. The number of nitrogens with two attached hydrogens (primary N) is 1. The van der Waals surface area contributed by atoms with Crippen LogP contribution < -0.4 is 10.5 Å². The van der Waals surface area contributed by atoms with Crippen LogP contribution in [0.15, 0.2) is 40.6 Å². The van der Waals surface area contributed by atoms with Crippen molar-refractivity contribution in [3.63, 3.8) is 0 Å². The first kappa shape index (κ1) is 16.5. The summed E-state index contributed by atoms with van der Waals surface area (Å²) in [6, 6.07) is 8.17. The van der Waals surface area contributed by atoms with Crippen molar-refractivity contribution in [3.05, 3.63) is 51.2 Å². The average Bonchev–Trinajstić information content (AvgIpc) is 2.99. The average molecular weight is 345 g/mol. The van der Waals surface area contributed by atoms with Crippen LogP contribution in [0.4, 0.5) is 0 Å². The van der Waals surface area contributed by atoms with Crippen LogP contribution in [0.2, 0.25) is 5.02 Å². The Morgan fingerprint density at radius 2 is 2.14 bits per heavy atom. The number of sulfonamides is 1. The van der Waals surface area contributed by atoms with E-state index in [9.17, 15) is 8.42 Å². The van der Waals surface area contributed by atoms with Crippen LogP contribution in [0.3, 0.4) is 0 Å². The normalized spacial score (nSPS) is 13.3. The topological polar surface area (TPSA) is 72.2 Å². The van der Waals surface area contributed by atoms with Gasteiger partial charge in [-0.2, -0.15) is 0 Å². The number of halogens is 1. The minimum atomic E-state index is -3.60. The highest BCUT2D eigenvalue weighted by Crippen LogP contribution is 2.25. The van der Waals surface area contributed by atoms with Crippen molar-refractivity contribution in [3.8, 4) is 0 Å². The molecule has 0 bridgehead atoms. The molecule has 0 aliphatic carbocycles. The van der Waals surface area contributed by atoms with E-state index in [1.54, 1.807) is 6.07 Å². The van der Waals surface area contributed by atoms with Gasteiger partial charge in [0.2, 0.25) is 10.0 Å². The molecular formula is C14H17ClN2O2S2. The van der Waals surface area contributed by atoms with Crippen LogP contribution in [0.25, 0.3) is 0 Å². The highest BCUT2D eigenvalue weighted by Gasteiger charge is 2.21. The third-order valence-electron chi connectivity index (χ3n) is 3.14. The predicted octanol–water partition coefficient (Wildman–Crippen LogP) is 3.29. The van der Waals surface area contributed by atoms with E-state index in [0.29, 0.717) is 17.0 Å². The molecule has 0 saturated heterocycles. The van der Waals surface area contributed by atoms with Crippen molar-refractivity contribution in [1.82, 2.24) is 4.72 Å². The second-order valence-electron chi connectivity index (χ2n) is 4.55. The third-order valence-corrected chi connectivity index (χ3v) is 5.96. The summed E-state index contributed by atoms with van der Waals surface area (Å²) < 4.78 is 27.7. The van der Waals surface area contributed by atoms with Gasteiger partial charge in [-0.3, -0.25) is 0 Å². The van der Waals surface area contributed by atoms with Gasteiger partial charge in [0.05, 0.1) is 10.9 Å². The second kappa shape index (κ2) is 6.89. The number of nitrogens with one attached hydrogen (secondary N) is 1. The first-order valence-corrected chi connectivity index (χ1v) is 9.26. The number of hydrogen-bond acceptors (Lipinski definition) is 4. The fourth-order valence-electron chi connectivity index (χ4n) is 1.96. The summed E-state index contributed by atoms with van der Waals surface area (Å²) >= 11 is 7.50. The van der Waals surface area contributed by atoms with Gasteiger partial charge in [-0.05, 0) is 41.6 Å². The maximum atomic E-state index is 12.5. The Hall–Kier alpha value is -0.920. The Labute approximate surface area is 134 Å². The van der Waals surface area contributed by atoms with Crippen molar-refractivity contribution in [2.75, 3.05) is 0 Å². The summed E-state index contributed by atoms with van der Waals surface area (Å²) in [5.74, 6) is 0. The molecule has 0 radical (unpaired) electrons. The molecule has 114 valence electrons. The van der Waals surface area contributed by atoms with Gasteiger partial charge in [-0.15, -0.1) is 11.3 Å². The molecule has 0 aliphatic rings. The Morgan fingerprint density at radius 1 is 1.38 bits per heavy atom. The Balaban J connectivity index is 2.29. The molecule has 2 rings (SSSR count). The lowest BCUT2D eigenvalue weighted by Crippen LogP contribution is -2.28. The van der Waals surface area contributed by atoms with E-state index in [-0.39, 0.29) is 17.5 Å². The summed E-state index contributed by atoms with van der Waals surface area (Å²) in [5, 5.41) is 2.41. The highest BCUT2D eigenvalue weighted by atomic mass is 35.5. The van der Waals surface area contributed by atoms with Gasteiger partial charge in [-0.25, -0.2) is 13.1 Å². The first-order valence-electron chi connectivity index (χ1n) is 6.52. The Kier molecular flexibility index (Phi) is 5.40. The zero-order valence-corrected chi connectivity index (χ0v) is 13.9. The second-order valence-corrected chi connectivity index (χ2v) is 7.66. The minimum Gasteiger partial charge on any atom is -0.326 e. The van der Waals surface area contributed by atoms with E-state index >= 15 is 0 Å². The van der Waals surface area contributed by atoms with Crippen molar-refractivity contribution in [1.29, 1.82) is 0 Å². The molecule has 0 aliphatic heterocycles. The molecule has 2 aromatic rings. The predicted molar refractivity (Wildman–Crippen MR) is 87.0 cm³/mol. The first-order chi connectivity index (χ1) is 9.97. The van der Waals surface area contributed by atoms with Crippen molar-refractivity contribution in [2.24, 2.45) is 5.73 Å². The maximum Gasteiger partial charge on any atom is 0.241 e. The smallest absolute Gasteiger partial charge is 0.241 e. The fourth-order valence-corrected chi connectivity index (χ4v) is 4.44. The molecule has 1 aromatic carbocycles. The Morgan fingerprint density at radius 3 is 2.71 bits per heavy atom. The summed E-state index contributed by atoms with van der Waals surface area (Å²) in [4.78, 5) is 1.18. The molecule has 0 spiro atoms. The molecule has 3 N–H and O–H groups in total. The van der Waals surface area contributed by atoms with Crippen LogP contribution in [-0.2, 0) is 16.6 Å². The van der Waals surface area contributed by atoms with Crippen LogP contribution in [-0.4, -0.2) is 8.42 Å². The van der Waals surface area contributed by atoms with Gasteiger partial charge >= 0.3 is 0 Å². The molecule has 1 atom stereocenters. The summed E-state index contributed by atoms with van der Waals surface area (Å²) in [5.41, 5.74) is 6.18. The minimum absolute atomic E-state index is 0.183. The van der Waals surface area contributed by atoms with Crippen molar-refractivity contribution >= 4 is 33.0 Å². The van der Waals surface area contributed by atoms with Gasteiger partial charge in [0, 0.05) is 16.4 Å². The molecule has 0 amide bonds. The maximum absolute atomic E-state index is 12.5. The van der Waals surface area contributed by atoms with E-state index in [2.05, 4.69) is 4.72 Å². The van der Waals surface area contributed by atoms with Crippen LogP contribution in [0.1, 0.15) is 29.8 Å². The quantitative estimate of drug-likeness (QED) is 0.844. The van der Waals surface area contributed by atoms with E-state index < -0.39 is 10.0 Å². The standard InChI is InChI=1S/C14H17ClN2O2S2/c1-2-13(14-4-3-7-20-14)17-21(18,19)11-5-6-12(15)10(8-11)9-16/h3-8,13,17H,2,9,16H2,1H3. The van der Waals surface area contributed by atoms with Gasteiger partial charge in [0.15, 0.2) is 0 Å². The number of hydrogen-bond donors (Lipinski definition) is 2. The van der Waals surface area contributed by atoms with E-state index in [1.807, 2.05) is 24.4 Å². The Bertz CT molecular complexity index is 700. The summed E-state index contributed by atoms with van der Waals surface area (Å²) in [7, 11) is -3.60. The molecule has 0 saturated carbocycles. The van der Waals surface area contributed by atoms with Gasteiger partial charge < -0.3 is 5.73 Å². The number of rotatable bonds is 6. The molecular weight excluding hydrogens is 328 g/mol. The molecule has 1 unspecified atom stereocenters. The zero-order valence-electron chi connectivity index (χ0n) is 11.5. The lowest BCUT2D eigenvalue weighted by Gasteiger charge is -2.16. The van der Waals surface area contributed by atoms with Gasteiger partial charge in [0.1, 0.15) is 0 Å². The van der Waals surface area contributed by atoms with Crippen molar-refractivity contribution in [2.45, 2.75) is 30.8 Å². The van der Waals surface area contributed by atoms with Crippen LogP contribution in [0, 0.1) is 0 Å². The van der Waals surface area contributed by atoms with E-state index in [1.165, 1.54) is 23.5 Å². The largest absolute Gasteiger partial charge is 0.326 e. The summed E-state index contributed by atoms with van der Waals surface area (Å²) in [6.07, 6.45) is 0.678. The molecule has 4 nitrogen and oxygen atoms in total. The van der Waals surface area contributed by atoms with Gasteiger partial charge in [-0.1, -0.05) is 24.6 Å². The van der Waals surface area contributed by atoms with Crippen LogP contribution >= 0.6 is 22.9 Å². The number of benzene rings is 1. The summed E-state index contributed by atoms with van der Waals surface area (Å²) in [6.45, 7) is 2.14. The zero-order chi connectivity index (χ0) is 15.5. The molecule has 1 heterocycles. The molecule has 0 fully saturated rings. The fraction of sp³-hybridized carbons (Fsp3) is 0.286. The number of thiophene rings is 1. The van der Waals surface area contributed by atoms with Gasteiger partial charge in [0.25, 0.3) is 0 Å². The lowest BCUT2D eigenvalue weighted by atomic mass is 10.2.